The summed E-state index contributed by atoms with van der Waals surface area (Å²) in [5.74, 6) is 0.167. The van der Waals surface area contributed by atoms with Crippen LogP contribution in [0.2, 0.25) is 0 Å². The van der Waals surface area contributed by atoms with E-state index in [1.54, 1.807) is 0 Å². The van der Waals surface area contributed by atoms with Gasteiger partial charge in [-0.15, -0.1) is 0 Å². The van der Waals surface area contributed by atoms with E-state index in [2.05, 4.69) is 18.2 Å². The van der Waals surface area contributed by atoms with Crippen molar-refractivity contribution >= 4 is 16.6 Å². The number of carbonyl (C=O) groups excluding carboxylic acids is 1. The molecular formula is C17H20O2. The summed E-state index contributed by atoms with van der Waals surface area (Å²) in [7, 11) is 0. The van der Waals surface area contributed by atoms with E-state index >= 15 is 0 Å². The van der Waals surface area contributed by atoms with Gasteiger partial charge < -0.3 is 4.74 Å². The Morgan fingerprint density at radius 3 is 2.58 bits per heavy atom. The van der Waals surface area contributed by atoms with Crippen LogP contribution in [0.3, 0.4) is 0 Å². The summed E-state index contributed by atoms with van der Waals surface area (Å²) in [4.78, 5) is 12.3. The Morgan fingerprint density at radius 2 is 1.84 bits per heavy atom. The van der Waals surface area contributed by atoms with Crippen LogP contribution in [0.15, 0.2) is 42.5 Å². The monoisotopic (exact) mass is 256 g/mol. The number of benzene rings is 2. The first-order valence-corrected chi connectivity index (χ1v) is 6.89. The minimum atomic E-state index is -0.434. The summed E-state index contributed by atoms with van der Waals surface area (Å²) in [6.07, 6.45) is 0.984. The lowest BCUT2D eigenvalue weighted by atomic mass is 9.96. The van der Waals surface area contributed by atoms with Crippen molar-refractivity contribution in [2.24, 2.45) is 0 Å². The first kappa shape index (κ1) is 13.8. The predicted molar refractivity (Wildman–Crippen MR) is 78.2 cm³/mol. The number of ketones is 1. The van der Waals surface area contributed by atoms with Gasteiger partial charge in [0.25, 0.3) is 0 Å². The molecule has 0 N–H and O–H groups in total. The van der Waals surface area contributed by atoms with Crippen molar-refractivity contribution in [3.8, 4) is 0 Å². The van der Waals surface area contributed by atoms with Gasteiger partial charge in [0.15, 0.2) is 5.78 Å². The van der Waals surface area contributed by atoms with E-state index in [0.717, 1.165) is 22.8 Å². The molecule has 0 bridgehead atoms. The Kier molecular flexibility index (Phi) is 4.69. The van der Waals surface area contributed by atoms with Crippen molar-refractivity contribution in [3.05, 3.63) is 48.0 Å². The van der Waals surface area contributed by atoms with Gasteiger partial charge in [-0.3, -0.25) is 4.79 Å². The number of hydrogen-bond acceptors (Lipinski definition) is 2. The minimum absolute atomic E-state index is 0.167. The summed E-state index contributed by atoms with van der Waals surface area (Å²) in [5.41, 5.74) is 0.985. The van der Waals surface area contributed by atoms with Crippen LogP contribution in [0, 0.1) is 0 Å². The zero-order valence-electron chi connectivity index (χ0n) is 11.6. The number of Topliss-reactive ketones (excluding diaryl/α,β-unsaturated/α-hetero) is 1. The highest BCUT2D eigenvalue weighted by Crippen LogP contribution is 2.28. The molecular weight excluding hydrogens is 236 g/mol. The third kappa shape index (κ3) is 3.02. The average molecular weight is 256 g/mol. The van der Waals surface area contributed by atoms with Crippen molar-refractivity contribution in [1.29, 1.82) is 0 Å². The highest BCUT2D eigenvalue weighted by molar-refractivity contribution is 5.92. The maximum Gasteiger partial charge on any atom is 0.166 e. The number of rotatable bonds is 6. The highest BCUT2D eigenvalue weighted by Gasteiger charge is 2.21. The fourth-order valence-corrected chi connectivity index (χ4v) is 2.38. The molecule has 0 fully saturated rings. The zero-order valence-corrected chi connectivity index (χ0v) is 11.6. The van der Waals surface area contributed by atoms with E-state index in [0.29, 0.717) is 13.0 Å². The Bertz CT molecular complexity index is 555. The number of ether oxygens (including phenoxy) is 1. The van der Waals surface area contributed by atoms with E-state index in [9.17, 15) is 4.79 Å². The van der Waals surface area contributed by atoms with E-state index in [4.69, 9.17) is 4.74 Å². The molecule has 2 nitrogen and oxygen atoms in total. The van der Waals surface area contributed by atoms with E-state index in [-0.39, 0.29) is 5.78 Å². The summed E-state index contributed by atoms with van der Waals surface area (Å²) in [6, 6.07) is 14.2. The standard InChI is InChI=1S/C17H20O2/c1-3-8-16(18)17(19-4-2)15-12-7-10-13-9-5-6-11-14(13)15/h5-7,9-12,17H,3-4,8H2,1-2H3. The van der Waals surface area contributed by atoms with Crippen LogP contribution in [-0.2, 0) is 9.53 Å². The smallest absolute Gasteiger partial charge is 0.166 e. The van der Waals surface area contributed by atoms with Crippen LogP contribution in [-0.4, -0.2) is 12.4 Å². The molecule has 1 unspecified atom stereocenters. The molecule has 0 amide bonds. The van der Waals surface area contributed by atoms with Gasteiger partial charge in [0.1, 0.15) is 6.10 Å². The maximum absolute atomic E-state index is 12.3. The van der Waals surface area contributed by atoms with Crippen molar-refractivity contribution in [1.82, 2.24) is 0 Å². The molecule has 2 rings (SSSR count). The Morgan fingerprint density at radius 1 is 1.11 bits per heavy atom. The molecule has 0 radical (unpaired) electrons. The van der Waals surface area contributed by atoms with Crippen LogP contribution in [0.25, 0.3) is 10.8 Å². The molecule has 0 saturated heterocycles. The van der Waals surface area contributed by atoms with Gasteiger partial charge in [0.2, 0.25) is 0 Å². The normalized spacial score (nSPS) is 12.5. The van der Waals surface area contributed by atoms with E-state index < -0.39 is 6.10 Å². The van der Waals surface area contributed by atoms with Crippen LogP contribution in [0.5, 0.6) is 0 Å². The lowest BCUT2D eigenvalue weighted by molar-refractivity contribution is -0.130. The van der Waals surface area contributed by atoms with Gasteiger partial charge in [-0.2, -0.15) is 0 Å². The number of hydrogen-bond donors (Lipinski definition) is 0. The molecule has 2 aromatic carbocycles. The molecule has 1 atom stereocenters. The van der Waals surface area contributed by atoms with Crippen LogP contribution < -0.4 is 0 Å². The molecule has 0 aromatic heterocycles. The van der Waals surface area contributed by atoms with Gasteiger partial charge in [0.05, 0.1) is 0 Å². The van der Waals surface area contributed by atoms with Gasteiger partial charge in [-0.1, -0.05) is 49.4 Å². The fourth-order valence-electron chi connectivity index (χ4n) is 2.38. The molecule has 19 heavy (non-hydrogen) atoms. The van der Waals surface area contributed by atoms with Gasteiger partial charge in [-0.05, 0) is 29.7 Å². The van der Waals surface area contributed by atoms with Crippen molar-refractivity contribution in [3.63, 3.8) is 0 Å². The second-order valence-electron chi connectivity index (χ2n) is 4.62. The third-order valence-corrected chi connectivity index (χ3v) is 3.23. The van der Waals surface area contributed by atoms with Gasteiger partial charge in [0, 0.05) is 13.0 Å². The second kappa shape index (κ2) is 6.48. The largest absolute Gasteiger partial charge is 0.366 e. The molecule has 0 spiro atoms. The first-order chi connectivity index (χ1) is 9.27. The van der Waals surface area contributed by atoms with Crippen molar-refractivity contribution in [2.75, 3.05) is 6.61 Å². The summed E-state index contributed by atoms with van der Waals surface area (Å²) in [5, 5.41) is 2.25. The highest BCUT2D eigenvalue weighted by atomic mass is 16.5. The van der Waals surface area contributed by atoms with Crippen LogP contribution in [0.4, 0.5) is 0 Å². The van der Waals surface area contributed by atoms with E-state index in [1.807, 2.05) is 38.1 Å². The molecule has 0 aliphatic carbocycles. The van der Waals surface area contributed by atoms with Crippen molar-refractivity contribution in [2.45, 2.75) is 32.8 Å². The van der Waals surface area contributed by atoms with Crippen molar-refractivity contribution < 1.29 is 9.53 Å². The maximum atomic E-state index is 12.3. The topological polar surface area (TPSA) is 26.3 Å². The molecule has 2 aromatic rings. The molecule has 0 aliphatic rings. The van der Waals surface area contributed by atoms with Crippen LogP contribution in [0.1, 0.15) is 38.4 Å². The SMILES string of the molecule is CCCC(=O)C(OCC)c1cccc2ccccc12. The fraction of sp³-hybridized carbons (Fsp3) is 0.353. The number of fused-ring (bicyclic) bond motifs is 1. The van der Waals surface area contributed by atoms with Gasteiger partial charge >= 0.3 is 0 Å². The second-order valence-corrected chi connectivity index (χ2v) is 4.62. The van der Waals surface area contributed by atoms with Gasteiger partial charge in [-0.25, -0.2) is 0 Å². The average Bonchev–Trinajstić information content (AvgIpc) is 2.44. The zero-order chi connectivity index (χ0) is 13.7. The number of carbonyl (C=O) groups is 1. The quantitative estimate of drug-likeness (QED) is 0.770. The lowest BCUT2D eigenvalue weighted by Crippen LogP contribution is -2.16. The first-order valence-electron chi connectivity index (χ1n) is 6.89. The van der Waals surface area contributed by atoms with Crippen LogP contribution >= 0.6 is 0 Å². The Balaban J connectivity index is 2.46. The molecule has 0 saturated carbocycles. The molecule has 0 heterocycles. The molecule has 100 valence electrons. The lowest BCUT2D eigenvalue weighted by Gasteiger charge is -2.18. The summed E-state index contributed by atoms with van der Waals surface area (Å²) >= 11 is 0. The Hall–Kier alpha value is -1.67. The molecule has 0 aliphatic heterocycles. The summed E-state index contributed by atoms with van der Waals surface area (Å²) in [6.45, 7) is 4.49. The predicted octanol–water partition coefficient (Wildman–Crippen LogP) is 4.29. The molecule has 2 heteroatoms. The minimum Gasteiger partial charge on any atom is -0.366 e. The summed E-state index contributed by atoms with van der Waals surface area (Å²) < 4.78 is 5.70. The van der Waals surface area contributed by atoms with E-state index in [1.165, 1.54) is 0 Å². The third-order valence-electron chi connectivity index (χ3n) is 3.23. The Labute approximate surface area is 114 Å².